The number of carbonyl (C=O) groups is 1. The molecule has 134 valence electrons. The predicted molar refractivity (Wildman–Crippen MR) is 94.0 cm³/mol. The summed E-state index contributed by atoms with van der Waals surface area (Å²) in [6.07, 6.45) is 0.170. The van der Waals surface area contributed by atoms with Gasteiger partial charge in [-0.3, -0.25) is 4.18 Å². The van der Waals surface area contributed by atoms with Crippen LogP contribution in [0.2, 0.25) is 0 Å². The van der Waals surface area contributed by atoms with Crippen LogP contribution in [0.25, 0.3) is 0 Å². The van der Waals surface area contributed by atoms with Crippen molar-refractivity contribution in [1.29, 1.82) is 0 Å². The fourth-order valence-electron chi connectivity index (χ4n) is 2.67. The predicted octanol–water partition coefficient (Wildman–Crippen LogP) is 3.68. The summed E-state index contributed by atoms with van der Waals surface area (Å²) in [6, 6.07) is 7.44. The van der Waals surface area contributed by atoms with Crippen molar-refractivity contribution in [3.05, 3.63) is 29.8 Å². The van der Waals surface area contributed by atoms with Crippen LogP contribution in [0.1, 0.15) is 39.7 Å². The molecule has 2 rings (SSSR count). The zero-order valence-corrected chi connectivity index (χ0v) is 15.9. The van der Waals surface area contributed by atoms with Gasteiger partial charge in [-0.05, 0) is 52.2 Å². The number of hydrogen-bond acceptors (Lipinski definition) is 4. The highest BCUT2D eigenvalue weighted by Gasteiger charge is 2.32. The first-order valence-corrected chi connectivity index (χ1v) is 9.35. The molecule has 3 unspecified atom stereocenters. The molecular weight excluding hydrogens is 326 g/mol. The largest absolute Gasteiger partial charge is 0.444 e. The Morgan fingerprint density at radius 1 is 1.21 bits per heavy atom. The van der Waals surface area contributed by atoms with Gasteiger partial charge in [-0.1, -0.05) is 24.6 Å². The lowest BCUT2D eigenvalue weighted by Crippen LogP contribution is -2.48. The minimum absolute atomic E-state index is 0.261. The van der Waals surface area contributed by atoms with E-state index in [9.17, 15) is 9.00 Å². The summed E-state index contributed by atoms with van der Waals surface area (Å²) in [7, 11) is 0. The maximum Gasteiger partial charge on any atom is 0.410 e. The van der Waals surface area contributed by atoms with E-state index in [4.69, 9.17) is 8.92 Å². The highest BCUT2D eigenvalue weighted by atomic mass is 32.2. The average Bonchev–Trinajstić information content (AvgIpc) is 2.45. The van der Waals surface area contributed by atoms with E-state index in [0.29, 0.717) is 18.0 Å². The fraction of sp³-hybridized carbons (Fsp3) is 0.611. The molecule has 1 saturated heterocycles. The van der Waals surface area contributed by atoms with E-state index in [0.717, 1.165) is 12.0 Å². The SMILES string of the molecule is Cc1ccc(S(=O)OC2CC(C)CN(C(=O)OC(C)(C)C)C2)cc1. The molecule has 24 heavy (non-hydrogen) atoms. The van der Waals surface area contributed by atoms with E-state index in [1.165, 1.54) is 0 Å². The lowest BCUT2D eigenvalue weighted by Gasteiger charge is -2.36. The van der Waals surface area contributed by atoms with Crippen LogP contribution in [-0.2, 0) is 20.0 Å². The summed E-state index contributed by atoms with van der Waals surface area (Å²) >= 11 is -1.53. The summed E-state index contributed by atoms with van der Waals surface area (Å²) in [4.78, 5) is 14.6. The van der Waals surface area contributed by atoms with Gasteiger partial charge in [0.15, 0.2) is 11.1 Å². The van der Waals surface area contributed by atoms with E-state index >= 15 is 0 Å². The van der Waals surface area contributed by atoms with Gasteiger partial charge in [0, 0.05) is 6.54 Å². The highest BCUT2D eigenvalue weighted by Crippen LogP contribution is 2.23. The van der Waals surface area contributed by atoms with E-state index in [1.54, 1.807) is 4.90 Å². The van der Waals surface area contributed by atoms with Gasteiger partial charge in [0.25, 0.3) is 0 Å². The monoisotopic (exact) mass is 353 g/mol. The van der Waals surface area contributed by atoms with E-state index in [1.807, 2.05) is 52.0 Å². The van der Waals surface area contributed by atoms with Crippen LogP contribution in [0, 0.1) is 12.8 Å². The molecule has 0 saturated carbocycles. The molecule has 0 radical (unpaired) electrons. The summed E-state index contributed by atoms with van der Waals surface area (Å²) in [5, 5.41) is 0. The van der Waals surface area contributed by atoms with Crippen molar-refractivity contribution in [3.63, 3.8) is 0 Å². The van der Waals surface area contributed by atoms with Gasteiger partial charge in [-0.25, -0.2) is 9.00 Å². The minimum Gasteiger partial charge on any atom is -0.444 e. The lowest BCUT2D eigenvalue weighted by atomic mass is 9.98. The lowest BCUT2D eigenvalue weighted by molar-refractivity contribution is 0.00130. The van der Waals surface area contributed by atoms with E-state index < -0.39 is 16.7 Å². The van der Waals surface area contributed by atoms with Crippen molar-refractivity contribution in [2.75, 3.05) is 13.1 Å². The summed E-state index contributed by atoms with van der Waals surface area (Å²) < 4.78 is 23.5. The second-order valence-corrected chi connectivity index (χ2v) is 8.63. The number of rotatable bonds is 3. The third-order valence-corrected chi connectivity index (χ3v) is 4.81. The Labute approximate surface area is 147 Å². The molecule has 0 N–H and O–H groups in total. The van der Waals surface area contributed by atoms with Crippen LogP contribution in [0.3, 0.4) is 0 Å². The normalized spacial score (nSPS) is 23.0. The summed E-state index contributed by atoms with van der Waals surface area (Å²) in [6.45, 7) is 10.6. The van der Waals surface area contributed by atoms with Gasteiger partial charge in [0.05, 0.1) is 17.5 Å². The molecular formula is C18H27NO4S. The zero-order valence-electron chi connectivity index (χ0n) is 15.1. The van der Waals surface area contributed by atoms with E-state index in [-0.39, 0.29) is 18.1 Å². The molecule has 3 atom stereocenters. The Morgan fingerprint density at radius 3 is 2.42 bits per heavy atom. The number of carbonyl (C=O) groups excluding carboxylic acids is 1. The van der Waals surface area contributed by atoms with Crippen molar-refractivity contribution in [1.82, 2.24) is 4.90 Å². The topological polar surface area (TPSA) is 55.8 Å². The molecule has 1 aliphatic heterocycles. The van der Waals surface area contributed by atoms with E-state index in [2.05, 4.69) is 6.92 Å². The number of benzene rings is 1. The summed E-state index contributed by atoms with van der Waals surface area (Å²) in [5.74, 6) is 0.270. The van der Waals surface area contributed by atoms with Gasteiger partial charge in [0.1, 0.15) is 5.60 Å². The quantitative estimate of drug-likeness (QED) is 0.832. The number of hydrogen-bond donors (Lipinski definition) is 0. The van der Waals surface area contributed by atoms with Crippen LogP contribution >= 0.6 is 0 Å². The first kappa shape index (κ1) is 18.9. The van der Waals surface area contributed by atoms with Gasteiger partial charge in [-0.2, -0.15) is 0 Å². The van der Waals surface area contributed by atoms with Gasteiger partial charge in [-0.15, -0.1) is 0 Å². The molecule has 1 fully saturated rings. The highest BCUT2D eigenvalue weighted by molar-refractivity contribution is 7.80. The number of nitrogens with zero attached hydrogens (tertiary/aromatic N) is 1. The van der Waals surface area contributed by atoms with Crippen LogP contribution in [0.4, 0.5) is 4.79 Å². The van der Waals surface area contributed by atoms with Crippen LogP contribution in [-0.4, -0.2) is 40.0 Å². The number of piperidine rings is 1. The Balaban J connectivity index is 1.98. The summed E-state index contributed by atoms with van der Waals surface area (Å²) in [5.41, 5.74) is 0.580. The Bertz CT molecular complexity index is 594. The molecule has 1 heterocycles. The number of ether oxygens (including phenoxy) is 1. The van der Waals surface area contributed by atoms with Crippen molar-refractivity contribution in [2.45, 2.75) is 57.6 Å². The van der Waals surface area contributed by atoms with Crippen LogP contribution in [0.15, 0.2) is 29.2 Å². The molecule has 1 aromatic rings. The van der Waals surface area contributed by atoms with Crippen molar-refractivity contribution in [2.24, 2.45) is 5.92 Å². The molecule has 0 aliphatic carbocycles. The second kappa shape index (κ2) is 7.66. The Hall–Kier alpha value is -1.40. The second-order valence-electron chi connectivity index (χ2n) is 7.49. The average molecular weight is 353 g/mol. The van der Waals surface area contributed by atoms with Gasteiger partial charge < -0.3 is 9.64 Å². The first-order valence-electron chi connectivity index (χ1n) is 8.27. The fourth-order valence-corrected chi connectivity index (χ4v) is 3.52. The van der Waals surface area contributed by atoms with Crippen molar-refractivity contribution in [3.8, 4) is 0 Å². The van der Waals surface area contributed by atoms with Crippen molar-refractivity contribution < 1.29 is 17.9 Å². The smallest absolute Gasteiger partial charge is 0.410 e. The minimum atomic E-state index is -1.53. The maximum atomic E-state index is 12.4. The number of amides is 1. The Kier molecular flexibility index (Phi) is 6.04. The molecule has 0 aromatic heterocycles. The van der Waals surface area contributed by atoms with Crippen LogP contribution in [0.5, 0.6) is 0 Å². The molecule has 1 aromatic carbocycles. The zero-order chi connectivity index (χ0) is 17.9. The molecule has 0 bridgehead atoms. The van der Waals surface area contributed by atoms with Crippen molar-refractivity contribution >= 4 is 17.2 Å². The third kappa shape index (κ3) is 5.60. The molecule has 6 heteroatoms. The number of likely N-dealkylation sites (tertiary alicyclic amines) is 1. The molecule has 1 aliphatic rings. The third-order valence-electron chi connectivity index (χ3n) is 3.71. The first-order chi connectivity index (χ1) is 11.1. The van der Waals surface area contributed by atoms with Gasteiger partial charge in [0.2, 0.25) is 0 Å². The molecule has 5 nitrogen and oxygen atoms in total. The van der Waals surface area contributed by atoms with Gasteiger partial charge >= 0.3 is 6.09 Å². The Morgan fingerprint density at radius 2 is 1.83 bits per heavy atom. The molecule has 0 spiro atoms. The van der Waals surface area contributed by atoms with Crippen LogP contribution < -0.4 is 0 Å². The maximum absolute atomic E-state index is 12.4. The number of aryl methyl sites for hydroxylation is 1. The standard InChI is InChI=1S/C18H27NO4S/c1-13-6-8-16(9-7-13)24(21)23-15-10-14(2)11-19(12-15)17(20)22-18(3,4)5/h6-9,14-15H,10-12H2,1-5H3. The molecule has 1 amide bonds.